The minimum atomic E-state index is -0.206. The first-order valence-corrected chi connectivity index (χ1v) is 10.5. The molecule has 0 aliphatic heterocycles. The molecule has 0 unspecified atom stereocenters. The second kappa shape index (κ2) is 9.52. The Morgan fingerprint density at radius 2 is 1.90 bits per heavy atom. The molecule has 2 heterocycles. The quantitative estimate of drug-likeness (QED) is 0.424. The van der Waals surface area contributed by atoms with Gasteiger partial charge in [0.15, 0.2) is 0 Å². The maximum absolute atomic E-state index is 12.3. The Kier molecular flexibility index (Phi) is 6.37. The number of hydrogen-bond acceptors (Lipinski definition) is 5. The summed E-state index contributed by atoms with van der Waals surface area (Å²) in [6.45, 7) is 0.858. The zero-order valence-electron chi connectivity index (χ0n) is 15.9. The second-order valence-electron chi connectivity index (χ2n) is 6.52. The van der Waals surface area contributed by atoms with Gasteiger partial charge in [0, 0.05) is 34.9 Å². The third-order valence-corrected chi connectivity index (χ3v) is 5.43. The van der Waals surface area contributed by atoms with E-state index < -0.39 is 0 Å². The Morgan fingerprint density at radius 3 is 2.67 bits per heavy atom. The zero-order valence-corrected chi connectivity index (χ0v) is 17.5. The van der Waals surface area contributed by atoms with E-state index in [2.05, 4.69) is 15.3 Å². The fourth-order valence-electron chi connectivity index (χ4n) is 2.77. The Morgan fingerprint density at radius 1 is 1.07 bits per heavy atom. The molecule has 0 saturated heterocycles. The molecule has 0 saturated carbocycles. The first-order chi connectivity index (χ1) is 14.7. The van der Waals surface area contributed by atoms with Crippen LogP contribution in [0.2, 0.25) is 5.02 Å². The third-order valence-electron chi connectivity index (χ3n) is 4.31. The molecule has 30 heavy (non-hydrogen) atoms. The predicted octanol–water partition coefficient (Wildman–Crippen LogP) is 5.37. The number of carbonyl (C=O) groups excluding carboxylic acids is 1. The number of thiazole rings is 1. The topological polar surface area (TPSA) is 64.1 Å². The van der Waals surface area contributed by atoms with E-state index >= 15 is 0 Å². The second-order valence-corrected chi connectivity index (χ2v) is 7.82. The number of nitrogens with one attached hydrogen (secondary N) is 1. The molecule has 1 amide bonds. The highest BCUT2D eigenvalue weighted by Crippen LogP contribution is 2.26. The lowest BCUT2D eigenvalue weighted by Gasteiger charge is -2.07. The lowest BCUT2D eigenvalue weighted by atomic mass is 10.2. The normalized spacial score (nSPS) is 10.6. The van der Waals surface area contributed by atoms with Gasteiger partial charge in [-0.2, -0.15) is 0 Å². The summed E-state index contributed by atoms with van der Waals surface area (Å²) in [5.41, 5.74) is 3.28. The smallest absolute Gasteiger partial charge is 0.271 e. The van der Waals surface area contributed by atoms with E-state index in [1.54, 1.807) is 17.8 Å². The van der Waals surface area contributed by atoms with E-state index in [-0.39, 0.29) is 5.91 Å². The number of aromatic nitrogens is 2. The van der Waals surface area contributed by atoms with Gasteiger partial charge in [0.05, 0.1) is 0 Å². The van der Waals surface area contributed by atoms with Crippen LogP contribution in [0.5, 0.6) is 5.75 Å². The number of pyridine rings is 1. The summed E-state index contributed by atoms with van der Waals surface area (Å²) in [5, 5.41) is 6.09. The predicted molar refractivity (Wildman–Crippen MR) is 119 cm³/mol. The molecular formula is C23H18ClN3O2S. The minimum absolute atomic E-state index is 0.206. The average molecular weight is 436 g/mol. The van der Waals surface area contributed by atoms with Gasteiger partial charge in [-0.1, -0.05) is 29.8 Å². The highest BCUT2D eigenvalue weighted by molar-refractivity contribution is 7.13. The molecule has 0 aliphatic rings. The van der Waals surface area contributed by atoms with Gasteiger partial charge in [-0.05, 0) is 53.6 Å². The first kappa shape index (κ1) is 20.1. The number of halogens is 1. The van der Waals surface area contributed by atoms with Crippen molar-refractivity contribution in [3.8, 4) is 16.3 Å². The van der Waals surface area contributed by atoms with E-state index in [0.717, 1.165) is 27.4 Å². The van der Waals surface area contributed by atoms with Crippen molar-refractivity contribution >= 4 is 28.8 Å². The molecular weight excluding hydrogens is 418 g/mol. The van der Waals surface area contributed by atoms with Crippen molar-refractivity contribution in [1.82, 2.24) is 15.3 Å². The molecule has 4 rings (SSSR count). The van der Waals surface area contributed by atoms with Crippen LogP contribution >= 0.6 is 22.9 Å². The standard InChI is InChI=1S/C23H18ClN3O2S/c24-19-5-1-3-16(11-19)14-29-20-8-6-18(7-9-20)23-27-21(15-30-23)22(28)26-13-17-4-2-10-25-12-17/h1-12,15H,13-14H2,(H,26,28). The summed E-state index contributed by atoms with van der Waals surface area (Å²) in [6, 6.07) is 19.0. The number of nitrogens with zero attached hydrogens (tertiary/aromatic N) is 2. The summed E-state index contributed by atoms with van der Waals surface area (Å²) < 4.78 is 5.81. The highest BCUT2D eigenvalue weighted by Gasteiger charge is 2.12. The summed E-state index contributed by atoms with van der Waals surface area (Å²) >= 11 is 7.43. The number of ether oxygens (including phenoxy) is 1. The summed E-state index contributed by atoms with van der Waals surface area (Å²) in [5.74, 6) is 0.549. The Hall–Kier alpha value is -3.22. The number of carbonyl (C=O) groups is 1. The molecule has 0 bridgehead atoms. The number of amides is 1. The Balaban J connectivity index is 1.35. The zero-order chi connectivity index (χ0) is 20.8. The average Bonchev–Trinajstić information content (AvgIpc) is 3.28. The first-order valence-electron chi connectivity index (χ1n) is 9.28. The minimum Gasteiger partial charge on any atom is -0.489 e. The van der Waals surface area contributed by atoms with Crippen LogP contribution < -0.4 is 10.1 Å². The SMILES string of the molecule is O=C(NCc1cccnc1)c1csc(-c2ccc(OCc3cccc(Cl)c3)cc2)n1. The highest BCUT2D eigenvalue weighted by atomic mass is 35.5. The molecule has 0 fully saturated rings. The molecule has 0 aliphatic carbocycles. The van der Waals surface area contributed by atoms with Crippen LogP contribution in [0, 0.1) is 0 Å². The molecule has 1 N–H and O–H groups in total. The van der Waals surface area contributed by atoms with Gasteiger partial charge in [0.1, 0.15) is 23.1 Å². The maximum atomic E-state index is 12.3. The molecule has 2 aromatic carbocycles. The number of rotatable bonds is 7. The fraction of sp³-hybridized carbons (Fsp3) is 0.0870. The van der Waals surface area contributed by atoms with Gasteiger partial charge >= 0.3 is 0 Å². The summed E-state index contributed by atoms with van der Waals surface area (Å²) in [7, 11) is 0. The van der Waals surface area contributed by atoms with Crippen molar-refractivity contribution in [2.75, 3.05) is 0 Å². The largest absolute Gasteiger partial charge is 0.489 e. The van der Waals surface area contributed by atoms with E-state index in [4.69, 9.17) is 16.3 Å². The summed E-state index contributed by atoms with van der Waals surface area (Å²) in [4.78, 5) is 20.8. The van der Waals surface area contributed by atoms with Crippen LogP contribution in [-0.4, -0.2) is 15.9 Å². The van der Waals surface area contributed by atoms with E-state index in [1.807, 2.05) is 60.7 Å². The van der Waals surface area contributed by atoms with Crippen molar-refractivity contribution < 1.29 is 9.53 Å². The molecule has 0 radical (unpaired) electrons. The van der Waals surface area contributed by atoms with Crippen molar-refractivity contribution in [3.05, 3.63) is 100 Å². The lowest BCUT2D eigenvalue weighted by Crippen LogP contribution is -2.23. The molecule has 4 aromatic rings. The van der Waals surface area contributed by atoms with Gasteiger partial charge < -0.3 is 10.1 Å². The fourth-order valence-corrected chi connectivity index (χ4v) is 3.79. The van der Waals surface area contributed by atoms with Crippen molar-refractivity contribution in [3.63, 3.8) is 0 Å². The number of hydrogen-bond donors (Lipinski definition) is 1. The molecule has 0 atom stereocenters. The van der Waals surface area contributed by atoms with Crippen LogP contribution in [0.15, 0.2) is 78.4 Å². The maximum Gasteiger partial charge on any atom is 0.271 e. The third kappa shape index (κ3) is 5.23. The number of benzene rings is 2. The van der Waals surface area contributed by atoms with Crippen molar-refractivity contribution in [2.24, 2.45) is 0 Å². The molecule has 0 spiro atoms. The Bertz CT molecular complexity index is 1130. The molecule has 5 nitrogen and oxygen atoms in total. The van der Waals surface area contributed by atoms with Gasteiger partial charge in [0.25, 0.3) is 5.91 Å². The molecule has 2 aromatic heterocycles. The van der Waals surface area contributed by atoms with Gasteiger partial charge in [-0.15, -0.1) is 11.3 Å². The van der Waals surface area contributed by atoms with E-state index in [9.17, 15) is 4.79 Å². The lowest BCUT2D eigenvalue weighted by molar-refractivity contribution is 0.0946. The van der Waals surface area contributed by atoms with Gasteiger partial charge in [-0.3, -0.25) is 9.78 Å². The van der Waals surface area contributed by atoms with Crippen molar-refractivity contribution in [1.29, 1.82) is 0 Å². The van der Waals surface area contributed by atoms with Crippen LogP contribution in [0.1, 0.15) is 21.6 Å². The van der Waals surface area contributed by atoms with Gasteiger partial charge in [-0.25, -0.2) is 4.98 Å². The van der Waals surface area contributed by atoms with Crippen LogP contribution in [0.25, 0.3) is 10.6 Å². The molecule has 150 valence electrons. The van der Waals surface area contributed by atoms with E-state index in [0.29, 0.717) is 23.9 Å². The monoisotopic (exact) mass is 435 g/mol. The van der Waals surface area contributed by atoms with Crippen molar-refractivity contribution in [2.45, 2.75) is 13.2 Å². The van der Waals surface area contributed by atoms with E-state index in [1.165, 1.54) is 11.3 Å². The Labute approximate surface area is 183 Å². The van der Waals surface area contributed by atoms with Gasteiger partial charge in [0.2, 0.25) is 0 Å². The van der Waals surface area contributed by atoms with Crippen LogP contribution in [0.3, 0.4) is 0 Å². The van der Waals surface area contributed by atoms with Crippen LogP contribution in [-0.2, 0) is 13.2 Å². The summed E-state index contributed by atoms with van der Waals surface area (Å²) in [6.07, 6.45) is 3.42. The molecule has 7 heteroatoms. The van der Waals surface area contributed by atoms with Crippen LogP contribution in [0.4, 0.5) is 0 Å².